The molecular formula is C17H24N6O2S. The lowest BCUT2D eigenvalue weighted by atomic mass is 10.1. The van der Waals surface area contributed by atoms with Gasteiger partial charge in [0.1, 0.15) is 6.04 Å². The molecule has 0 spiro atoms. The Hall–Kier alpha value is -2.42. The normalized spacial score (nSPS) is 11.8. The van der Waals surface area contributed by atoms with Crippen molar-refractivity contribution in [3.8, 4) is 5.69 Å². The van der Waals surface area contributed by atoms with Crippen LogP contribution in [0, 0.1) is 13.8 Å². The highest BCUT2D eigenvalue weighted by atomic mass is 32.2. The topological polar surface area (TPSA) is 102 Å². The van der Waals surface area contributed by atoms with Crippen LogP contribution < -0.4 is 10.6 Å². The van der Waals surface area contributed by atoms with Crippen molar-refractivity contribution < 1.29 is 9.59 Å². The molecule has 0 radical (unpaired) electrons. The highest BCUT2D eigenvalue weighted by Crippen LogP contribution is 2.21. The molecule has 26 heavy (non-hydrogen) atoms. The van der Waals surface area contributed by atoms with Gasteiger partial charge in [-0.1, -0.05) is 36.4 Å². The third kappa shape index (κ3) is 5.29. The van der Waals surface area contributed by atoms with Crippen LogP contribution in [-0.4, -0.2) is 50.4 Å². The lowest BCUT2D eigenvalue weighted by Gasteiger charge is -2.13. The first kappa shape index (κ1) is 19.9. The summed E-state index contributed by atoms with van der Waals surface area (Å²) in [5, 5.41) is 17.7. The van der Waals surface area contributed by atoms with Crippen LogP contribution in [-0.2, 0) is 9.59 Å². The Kier molecular flexibility index (Phi) is 7.14. The number of tetrazole rings is 1. The third-order valence-electron chi connectivity index (χ3n) is 3.67. The molecule has 1 heterocycles. The molecule has 2 amide bonds. The molecule has 140 valence electrons. The van der Waals surface area contributed by atoms with E-state index in [1.165, 1.54) is 11.8 Å². The maximum Gasteiger partial charge on any atom is 0.242 e. The van der Waals surface area contributed by atoms with Crippen LogP contribution >= 0.6 is 11.8 Å². The number of aryl methyl sites for hydroxylation is 2. The first-order valence-corrected chi connectivity index (χ1v) is 9.46. The van der Waals surface area contributed by atoms with E-state index in [0.29, 0.717) is 11.7 Å². The first-order valence-electron chi connectivity index (χ1n) is 8.48. The molecule has 8 nitrogen and oxygen atoms in total. The molecule has 1 atom stereocenters. The summed E-state index contributed by atoms with van der Waals surface area (Å²) in [7, 11) is 0. The number of carbonyl (C=O) groups excluding carboxylic acids is 2. The van der Waals surface area contributed by atoms with Crippen molar-refractivity contribution in [2.75, 3.05) is 12.3 Å². The van der Waals surface area contributed by atoms with Crippen LogP contribution in [0.2, 0.25) is 0 Å². The Bertz CT molecular complexity index is 776. The summed E-state index contributed by atoms with van der Waals surface area (Å²) in [4.78, 5) is 23.9. The Morgan fingerprint density at radius 1 is 1.31 bits per heavy atom. The van der Waals surface area contributed by atoms with Crippen molar-refractivity contribution in [1.82, 2.24) is 30.8 Å². The number of hydrogen-bond donors (Lipinski definition) is 2. The van der Waals surface area contributed by atoms with Gasteiger partial charge in [-0.3, -0.25) is 9.59 Å². The Balaban J connectivity index is 1.95. The van der Waals surface area contributed by atoms with Crippen molar-refractivity contribution in [1.29, 1.82) is 0 Å². The van der Waals surface area contributed by atoms with Crippen molar-refractivity contribution in [3.63, 3.8) is 0 Å². The van der Waals surface area contributed by atoms with Gasteiger partial charge in [0.15, 0.2) is 0 Å². The molecule has 2 N–H and O–H groups in total. The lowest BCUT2D eigenvalue weighted by molar-refractivity contribution is -0.127. The van der Waals surface area contributed by atoms with E-state index in [0.717, 1.165) is 23.2 Å². The van der Waals surface area contributed by atoms with E-state index in [-0.39, 0.29) is 17.6 Å². The van der Waals surface area contributed by atoms with Gasteiger partial charge in [-0.05, 0) is 49.2 Å². The highest BCUT2D eigenvalue weighted by Gasteiger charge is 2.17. The van der Waals surface area contributed by atoms with E-state index in [9.17, 15) is 9.59 Å². The summed E-state index contributed by atoms with van der Waals surface area (Å²) >= 11 is 1.22. The van der Waals surface area contributed by atoms with Gasteiger partial charge in [-0.15, -0.1) is 5.10 Å². The molecule has 0 aliphatic rings. The van der Waals surface area contributed by atoms with E-state index in [4.69, 9.17) is 0 Å². The van der Waals surface area contributed by atoms with Crippen LogP contribution in [0.15, 0.2) is 23.4 Å². The number of hydrogen-bond acceptors (Lipinski definition) is 6. The monoisotopic (exact) mass is 376 g/mol. The number of carbonyl (C=O) groups is 2. The molecule has 0 fully saturated rings. The predicted molar refractivity (Wildman–Crippen MR) is 100 cm³/mol. The van der Waals surface area contributed by atoms with Gasteiger partial charge < -0.3 is 10.6 Å². The van der Waals surface area contributed by atoms with E-state index in [2.05, 4.69) is 32.2 Å². The minimum Gasteiger partial charge on any atom is -0.354 e. The summed E-state index contributed by atoms with van der Waals surface area (Å²) in [6.07, 6.45) is 0.851. The molecule has 0 saturated carbocycles. The minimum absolute atomic E-state index is 0.122. The fraction of sp³-hybridized carbons (Fsp3) is 0.471. The van der Waals surface area contributed by atoms with Crippen LogP contribution in [0.5, 0.6) is 0 Å². The largest absolute Gasteiger partial charge is 0.354 e. The second kappa shape index (κ2) is 9.33. The summed E-state index contributed by atoms with van der Waals surface area (Å²) in [5.41, 5.74) is 3.07. The van der Waals surface area contributed by atoms with Gasteiger partial charge in [-0.25, -0.2) is 0 Å². The Labute approximate surface area is 157 Å². The summed E-state index contributed by atoms with van der Waals surface area (Å²) in [6.45, 7) is 8.24. The molecule has 0 aliphatic heterocycles. The third-order valence-corrected chi connectivity index (χ3v) is 4.59. The van der Waals surface area contributed by atoms with Gasteiger partial charge in [0.25, 0.3) is 0 Å². The van der Waals surface area contributed by atoms with Crippen LogP contribution in [0.4, 0.5) is 0 Å². The standard InChI is InChI=1S/C17H24N6O2S/c1-5-8-18-16(25)13(4)19-15(24)10-26-17-20-21-22-23(17)14-7-6-11(2)9-12(14)3/h6-7,9,13H,5,8,10H2,1-4H3,(H,18,25)(H,19,24). The van der Waals surface area contributed by atoms with Crippen LogP contribution in [0.25, 0.3) is 5.69 Å². The van der Waals surface area contributed by atoms with Gasteiger partial charge >= 0.3 is 0 Å². The van der Waals surface area contributed by atoms with Gasteiger partial charge in [0.2, 0.25) is 17.0 Å². The van der Waals surface area contributed by atoms with Crippen molar-refractivity contribution in [2.45, 2.75) is 45.3 Å². The number of nitrogens with zero attached hydrogens (tertiary/aromatic N) is 4. The smallest absolute Gasteiger partial charge is 0.242 e. The molecule has 0 bridgehead atoms. The number of rotatable bonds is 8. The number of aromatic nitrogens is 4. The second-order valence-electron chi connectivity index (χ2n) is 6.03. The maximum atomic E-state index is 12.1. The summed E-state index contributed by atoms with van der Waals surface area (Å²) < 4.78 is 1.62. The Morgan fingerprint density at radius 3 is 2.77 bits per heavy atom. The van der Waals surface area contributed by atoms with Crippen molar-refractivity contribution >= 4 is 23.6 Å². The average molecular weight is 376 g/mol. The van der Waals surface area contributed by atoms with Crippen LogP contribution in [0.1, 0.15) is 31.4 Å². The van der Waals surface area contributed by atoms with Crippen molar-refractivity contribution in [3.05, 3.63) is 29.3 Å². The van der Waals surface area contributed by atoms with Crippen molar-refractivity contribution in [2.24, 2.45) is 0 Å². The predicted octanol–water partition coefficient (Wildman–Crippen LogP) is 1.40. The maximum absolute atomic E-state index is 12.1. The highest BCUT2D eigenvalue weighted by molar-refractivity contribution is 7.99. The lowest BCUT2D eigenvalue weighted by Crippen LogP contribution is -2.45. The van der Waals surface area contributed by atoms with E-state index < -0.39 is 6.04 Å². The van der Waals surface area contributed by atoms with Gasteiger partial charge in [-0.2, -0.15) is 4.68 Å². The number of amides is 2. The Morgan fingerprint density at radius 2 is 2.08 bits per heavy atom. The molecule has 0 aliphatic carbocycles. The van der Waals surface area contributed by atoms with E-state index in [1.54, 1.807) is 11.6 Å². The fourth-order valence-electron chi connectivity index (χ4n) is 2.34. The molecule has 2 rings (SSSR count). The average Bonchev–Trinajstić information content (AvgIpc) is 3.06. The van der Waals surface area contributed by atoms with Crippen LogP contribution in [0.3, 0.4) is 0 Å². The zero-order valence-corrected chi connectivity index (χ0v) is 16.3. The van der Waals surface area contributed by atoms with E-state index in [1.807, 2.05) is 32.9 Å². The molecule has 9 heteroatoms. The molecule has 1 aromatic heterocycles. The second-order valence-corrected chi connectivity index (χ2v) is 6.97. The number of benzene rings is 1. The number of thioether (sulfide) groups is 1. The zero-order valence-electron chi connectivity index (χ0n) is 15.4. The van der Waals surface area contributed by atoms with E-state index >= 15 is 0 Å². The molecule has 1 aromatic carbocycles. The first-order chi connectivity index (χ1) is 12.4. The summed E-state index contributed by atoms with van der Waals surface area (Å²) in [5.74, 6) is -0.314. The molecule has 2 aromatic rings. The zero-order chi connectivity index (χ0) is 19.1. The molecule has 0 saturated heterocycles. The molecular weight excluding hydrogens is 352 g/mol. The summed E-state index contributed by atoms with van der Waals surface area (Å²) in [6, 6.07) is 5.41. The minimum atomic E-state index is -0.579. The van der Waals surface area contributed by atoms with Gasteiger partial charge in [0, 0.05) is 6.54 Å². The fourth-order valence-corrected chi connectivity index (χ4v) is 3.04. The van der Waals surface area contributed by atoms with Gasteiger partial charge in [0.05, 0.1) is 11.4 Å². The molecule has 1 unspecified atom stereocenters. The SMILES string of the molecule is CCCNC(=O)C(C)NC(=O)CSc1nnnn1-c1ccc(C)cc1C. The number of nitrogens with one attached hydrogen (secondary N) is 2. The quantitative estimate of drug-likeness (QED) is 0.675.